The maximum Gasteiger partial charge on any atom is 0.209 e. The molecular weight excluding hydrogens is 611 g/mol. The predicted octanol–water partition coefficient (Wildman–Crippen LogP) is 3.30. The first-order valence-corrected chi connectivity index (χ1v) is 16.1. The summed E-state index contributed by atoms with van der Waals surface area (Å²) in [5, 5.41) is 0. The largest absolute Gasteiger partial charge is 0.368 e. The number of thiocarbonyl (C=S) groups is 2. The summed E-state index contributed by atoms with van der Waals surface area (Å²) in [5.41, 5.74) is 3.61. The van der Waals surface area contributed by atoms with Crippen molar-refractivity contribution in [1.29, 1.82) is 0 Å². The van der Waals surface area contributed by atoms with Crippen molar-refractivity contribution in [2.75, 3.05) is 79.0 Å². The summed E-state index contributed by atoms with van der Waals surface area (Å²) in [6.45, 7) is 19.2. The Hall–Kier alpha value is 0.180. The topological polar surface area (TPSA) is 85.9 Å². The van der Waals surface area contributed by atoms with E-state index in [4.69, 9.17) is 87.6 Å². The van der Waals surface area contributed by atoms with Crippen LogP contribution in [-0.2, 0) is 63.2 Å². The van der Waals surface area contributed by atoms with Gasteiger partial charge in [0, 0.05) is 52.9 Å². The van der Waals surface area contributed by atoms with Crippen LogP contribution in [0, 0.1) is 0 Å². The zero-order valence-corrected chi connectivity index (χ0v) is 29.4. The summed E-state index contributed by atoms with van der Waals surface area (Å²) in [6.07, 6.45) is -2.64. The molecule has 0 aliphatic heterocycles. The van der Waals surface area contributed by atoms with Gasteiger partial charge in [-0.25, -0.2) is 0 Å². The molecular formula is C26H53N3O8S4. The third-order valence-electron chi connectivity index (χ3n) is 5.75. The minimum atomic E-state index is -0.660. The minimum absolute atomic E-state index is 0.168. The fourth-order valence-electron chi connectivity index (χ4n) is 4.18. The van der Waals surface area contributed by atoms with Crippen LogP contribution in [0.2, 0.25) is 0 Å². The van der Waals surface area contributed by atoms with Gasteiger partial charge < -0.3 is 87.6 Å². The number of nitrogens with zero attached hydrogens (tertiary/aromatic N) is 2. The molecule has 0 spiro atoms. The normalized spacial score (nSPS) is 12.8. The summed E-state index contributed by atoms with van der Waals surface area (Å²) in [4.78, 5) is 0. The fourth-order valence-corrected chi connectivity index (χ4v) is 4.94. The average Bonchev–Trinajstić information content (AvgIpc) is 2.89. The molecule has 15 heteroatoms. The molecule has 1 N–H and O–H groups in total. The monoisotopic (exact) mass is 663 g/mol. The van der Waals surface area contributed by atoms with Gasteiger partial charge >= 0.3 is 0 Å². The highest BCUT2D eigenvalue weighted by Crippen LogP contribution is 2.22. The summed E-state index contributed by atoms with van der Waals surface area (Å²) >= 11 is 23.1. The molecule has 0 heterocycles. The second kappa shape index (κ2) is 23.5. The van der Waals surface area contributed by atoms with Gasteiger partial charge in [0.05, 0.1) is 8.64 Å². The van der Waals surface area contributed by atoms with Gasteiger partial charge in [0.15, 0.2) is 26.2 Å². The summed E-state index contributed by atoms with van der Waals surface area (Å²) < 4.78 is 47.5. The molecule has 0 fully saturated rings. The van der Waals surface area contributed by atoms with Crippen LogP contribution in [0.5, 0.6) is 0 Å². The van der Waals surface area contributed by atoms with Gasteiger partial charge in [-0.15, -0.1) is 0 Å². The lowest BCUT2D eigenvalue weighted by atomic mass is 10.4. The SMILES string of the molecule is CCOC(C[N+](CC(OCC)OCC)(N[N+](CC(OCC)OCC)(CC(OCC)OCC)C(=S)[S-])C(=S)[S-])OCC. The van der Waals surface area contributed by atoms with E-state index >= 15 is 0 Å². The lowest BCUT2D eigenvalue weighted by molar-refractivity contribution is -1.09. The Morgan fingerprint density at radius 3 is 0.756 bits per heavy atom. The van der Waals surface area contributed by atoms with E-state index in [1.165, 1.54) is 0 Å². The Labute approximate surface area is 269 Å². The van der Waals surface area contributed by atoms with Gasteiger partial charge in [0.2, 0.25) is 25.2 Å². The molecule has 0 unspecified atom stereocenters. The smallest absolute Gasteiger partial charge is 0.209 e. The first-order valence-electron chi connectivity index (χ1n) is 14.5. The summed E-state index contributed by atoms with van der Waals surface area (Å²) in [7, 11) is 0. The Bertz CT molecular complexity index is 598. The number of hydrogen-bond donors (Lipinski definition) is 1. The van der Waals surface area contributed by atoms with E-state index in [0.717, 1.165) is 0 Å². The van der Waals surface area contributed by atoms with Crippen molar-refractivity contribution >= 4 is 58.3 Å². The molecule has 0 aromatic carbocycles. The highest BCUT2D eigenvalue weighted by molar-refractivity contribution is 8.00. The number of nitrogens with one attached hydrogen (secondary N) is 1. The lowest BCUT2D eigenvalue weighted by Gasteiger charge is -2.50. The lowest BCUT2D eigenvalue weighted by Crippen LogP contribution is -2.79. The van der Waals surface area contributed by atoms with Gasteiger partial charge in [0.1, 0.15) is 0 Å². The van der Waals surface area contributed by atoms with E-state index < -0.39 is 25.2 Å². The maximum atomic E-state index is 5.95. The Morgan fingerprint density at radius 1 is 0.463 bits per heavy atom. The van der Waals surface area contributed by atoms with E-state index in [-0.39, 0.29) is 44.0 Å². The standard InChI is InChI=1S/C26H53N3O8S4/c1-9-30-21(31-10-2)17-28(25(38)39,18-22(32-11-3)33-12-4)27-29(26(40)41,19-23(34-13-5)35-14-6)20-24(36-15-7)37-16-8/h21-24,27H,9-20H2,1-8H3. The molecule has 0 aliphatic rings. The molecule has 0 amide bonds. The van der Waals surface area contributed by atoms with Crippen molar-refractivity contribution in [2.24, 2.45) is 0 Å². The minimum Gasteiger partial charge on any atom is -0.368 e. The maximum absolute atomic E-state index is 5.95. The fraction of sp³-hybridized carbons (Fsp3) is 0.923. The molecule has 0 aromatic rings. The van der Waals surface area contributed by atoms with E-state index in [1.54, 1.807) is 0 Å². The van der Waals surface area contributed by atoms with Gasteiger partial charge in [-0.3, -0.25) is 0 Å². The van der Waals surface area contributed by atoms with Gasteiger partial charge in [-0.2, -0.15) is 9.18 Å². The van der Waals surface area contributed by atoms with Gasteiger partial charge in [-0.05, 0) is 60.9 Å². The Kier molecular flexibility index (Phi) is 23.7. The van der Waals surface area contributed by atoms with Crippen LogP contribution in [-0.4, -0.2) is 122 Å². The second-order valence-electron chi connectivity index (χ2n) is 8.66. The molecule has 11 nitrogen and oxygen atoms in total. The van der Waals surface area contributed by atoms with Crippen LogP contribution >= 0.6 is 24.4 Å². The summed E-state index contributed by atoms with van der Waals surface area (Å²) in [5.74, 6) is 0. The first-order chi connectivity index (χ1) is 19.6. The highest BCUT2D eigenvalue weighted by atomic mass is 32.1. The van der Waals surface area contributed by atoms with E-state index in [9.17, 15) is 0 Å². The van der Waals surface area contributed by atoms with Gasteiger partial charge in [0.25, 0.3) is 0 Å². The molecule has 0 aromatic heterocycles. The average molecular weight is 664 g/mol. The zero-order valence-electron chi connectivity index (χ0n) is 26.1. The van der Waals surface area contributed by atoms with Crippen molar-refractivity contribution in [3.8, 4) is 0 Å². The van der Waals surface area contributed by atoms with Crippen molar-refractivity contribution < 1.29 is 47.1 Å². The molecule has 0 aliphatic carbocycles. The van der Waals surface area contributed by atoms with E-state index in [2.05, 4.69) is 5.53 Å². The van der Waals surface area contributed by atoms with Crippen LogP contribution in [0.25, 0.3) is 0 Å². The first kappa shape index (κ1) is 41.2. The van der Waals surface area contributed by atoms with Crippen LogP contribution < -0.4 is 5.53 Å². The van der Waals surface area contributed by atoms with Crippen LogP contribution in [0.4, 0.5) is 0 Å². The van der Waals surface area contributed by atoms with Crippen molar-refractivity contribution in [3.63, 3.8) is 0 Å². The van der Waals surface area contributed by atoms with E-state index in [0.29, 0.717) is 52.9 Å². The van der Waals surface area contributed by atoms with Crippen molar-refractivity contribution in [3.05, 3.63) is 0 Å². The van der Waals surface area contributed by atoms with Gasteiger partial charge in [-0.1, -0.05) is 0 Å². The van der Waals surface area contributed by atoms with Crippen LogP contribution in [0.1, 0.15) is 55.4 Å². The van der Waals surface area contributed by atoms with Crippen LogP contribution in [0.3, 0.4) is 0 Å². The number of ether oxygens (including phenoxy) is 8. The third kappa shape index (κ3) is 15.1. The molecule has 0 bridgehead atoms. The number of rotatable bonds is 26. The Balaban J connectivity index is 7.19. The number of quaternary nitrogens is 2. The highest BCUT2D eigenvalue weighted by Gasteiger charge is 2.47. The Morgan fingerprint density at radius 2 is 0.634 bits per heavy atom. The third-order valence-corrected chi connectivity index (χ3v) is 7.14. The quantitative estimate of drug-likeness (QED) is 0.0484. The van der Waals surface area contributed by atoms with E-state index in [1.807, 2.05) is 55.4 Å². The zero-order chi connectivity index (χ0) is 31.3. The molecule has 0 rings (SSSR count). The number of hydrogen-bond acceptors (Lipinski definition) is 13. The van der Waals surface area contributed by atoms with Crippen molar-refractivity contribution in [2.45, 2.75) is 80.6 Å². The molecule has 0 radical (unpaired) electrons. The molecule has 0 saturated heterocycles. The molecule has 244 valence electrons. The van der Waals surface area contributed by atoms with Crippen LogP contribution in [0.15, 0.2) is 0 Å². The molecule has 41 heavy (non-hydrogen) atoms. The second-order valence-corrected chi connectivity index (χ2v) is 10.7. The summed E-state index contributed by atoms with van der Waals surface area (Å²) in [6, 6.07) is 0. The predicted molar refractivity (Wildman–Crippen MR) is 171 cm³/mol. The molecule has 0 saturated carbocycles. The van der Waals surface area contributed by atoms with Crippen molar-refractivity contribution in [1.82, 2.24) is 5.53 Å². The molecule has 0 atom stereocenters.